The first-order chi connectivity index (χ1) is 6.63. The van der Waals surface area contributed by atoms with Crippen molar-refractivity contribution in [2.45, 2.75) is 6.04 Å². The van der Waals surface area contributed by atoms with Crippen LogP contribution in [0.4, 0.5) is 4.79 Å². The highest BCUT2D eigenvalue weighted by Gasteiger charge is 2.57. The van der Waals surface area contributed by atoms with Crippen LogP contribution in [0.25, 0.3) is 0 Å². The Hall–Kier alpha value is -0.970. The molecule has 2 aliphatic rings. The van der Waals surface area contributed by atoms with Crippen LogP contribution in [-0.2, 0) is 4.79 Å². The summed E-state index contributed by atoms with van der Waals surface area (Å²) < 4.78 is 0. The molecule has 3 atom stereocenters. The van der Waals surface area contributed by atoms with Gasteiger partial charge < -0.3 is 15.3 Å². The number of carboxylic acid groups (broad SMARTS) is 1. The highest BCUT2D eigenvalue weighted by molar-refractivity contribution is 6.27. The summed E-state index contributed by atoms with van der Waals surface area (Å²) in [5.41, 5.74) is 0. The zero-order valence-electron chi connectivity index (χ0n) is 7.44. The molecule has 78 valence electrons. The summed E-state index contributed by atoms with van der Waals surface area (Å²) in [7, 11) is 0. The molecule has 0 radical (unpaired) electrons. The van der Waals surface area contributed by atoms with Crippen molar-refractivity contribution in [2.75, 3.05) is 19.0 Å². The van der Waals surface area contributed by atoms with Gasteiger partial charge in [0.25, 0.3) is 0 Å². The summed E-state index contributed by atoms with van der Waals surface area (Å²) >= 11 is 5.41. The third-order valence-corrected chi connectivity index (χ3v) is 3.18. The van der Waals surface area contributed by atoms with Gasteiger partial charge in [-0.05, 0) is 0 Å². The topological polar surface area (TPSA) is 69.6 Å². The van der Waals surface area contributed by atoms with Crippen molar-refractivity contribution >= 4 is 23.6 Å². The molecule has 0 unspecified atom stereocenters. The molecule has 0 spiro atoms. The number of rotatable bonds is 2. The van der Waals surface area contributed by atoms with Gasteiger partial charge in [0.1, 0.15) is 5.88 Å². The Morgan fingerprint density at radius 1 is 1.43 bits per heavy atom. The number of likely N-dealkylation sites (tertiary alicyclic amines) is 1. The fraction of sp³-hybridized carbons (Fsp3) is 0.750. The van der Waals surface area contributed by atoms with Gasteiger partial charge >= 0.3 is 6.09 Å². The van der Waals surface area contributed by atoms with Crippen molar-refractivity contribution < 1.29 is 14.7 Å². The summed E-state index contributed by atoms with van der Waals surface area (Å²) in [6.07, 6.45) is -0.986. The highest BCUT2D eigenvalue weighted by atomic mass is 35.5. The molecule has 0 aromatic carbocycles. The lowest BCUT2D eigenvalue weighted by molar-refractivity contribution is -0.128. The van der Waals surface area contributed by atoms with Crippen LogP contribution in [-0.4, -0.2) is 47.0 Å². The standard InChI is InChI=1S/C8H11ClN2O3/c9-1-6(12)11-2-4-5(3-11)7(4)10-8(13)14/h4-5,7,10H,1-3H2,(H,13,14)/t4-,5+,7-. The molecule has 1 aliphatic heterocycles. The van der Waals surface area contributed by atoms with Crippen LogP contribution >= 0.6 is 11.6 Å². The van der Waals surface area contributed by atoms with E-state index in [9.17, 15) is 9.59 Å². The van der Waals surface area contributed by atoms with Crippen LogP contribution in [0.3, 0.4) is 0 Å². The number of nitrogens with one attached hydrogen (secondary N) is 1. The van der Waals surface area contributed by atoms with Crippen LogP contribution in [0.15, 0.2) is 0 Å². The Morgan fingerprint density at radius 3 is 2.43 bits per heavy atom. The van der Waals surface area contributed by atoms with E-state index in [1.54, 1.807) is 4.90 Å². The molecule has 1 heterocycles. The molecule has 1 saturated carbocycles. The number of hydrogen-bond acceptors (Lipinski definition) is 2. The summed E-state index contributed by atoms with van der Waals surface area (Å²) in [6.45, 7) is 1.28. The van der Waals surface area contributed by atoms with Gasteiger partial charge in [0, 0.05) is 31.0 Å². The lowest BCUT2D eigenvalue weighted by Crippen LogP contribution is -2.37. The fourth-order valence-corrected chi connectivity index (χ4v) is 2.34. The second-order valence-corrected chi connectivity index (χ2v) is 4.00. The van der Waals surface area contributed by atoms with Crippen LogP contribution in [0, 0.1) is 11.8 Å². The SMILES string of the molecule is O=C(O)N[C@@H]1[C@@H]2CN(C(=O)CCl)C[C@@H]21. The first-order valence-corrected chi connectivity index (χ1v) is 5.00. The smallest absolute Gasteiger partial charge is 0.404 e. The average molecular weight is 219 g/mol. The number of carbonyl (C=O) groups excluding carboxylic acids is 1. The maximum Gasteiger partial charge on any atom is 0.404 e. The molecular weight excluding hydrogens is 208 g/mol. The predicted molar refractivity (Wildman–Crippen MR) is 49.2 cm³/mol. The molecule has 1 aliphatic carbocycles. The molecule has 14 heavy (non-hydrogen) atoms. The largest absolute Gasteiger partial charge is 0.465 e. The molecule has 0 bridgehead atoms. The Morgan fingerprint density at radius 2 is 2.00 bits per heavy atom. The van der Waals surface area contributed by atoms with E-state index >= 15 is 0 Å². The minimum Gasteiger partial charge on any atom is -0.465 e. The van der Waals surface area contributed by atoms with Crippen molar-refractivity contribution in [2.24, 2.45) is 11.8 Å². The van der Waals surface area contributed by atoms with E-state index in [0.29, 0.717) is 24.9 Å². The number of carbonyl (C=O) groups is 2. The molecule has 2 fully saturated rings. The van der Waals surface area contributed by atoms with Crippen LogP contribution in [0.5, 0.6) is 0 Å². The van der Waals surface area contributed by atoms with Gasteiger partial charge in [0.05, 0.1) is 0 Å². The van der Waals surface area contributed by atoms with E-state index in [2.05, 4.69) is 5.32 Å². The normalized spacial score (nSPS) is 33.8. The van der Waals surface area contributed by atoms with E-state index in [1.165, 1.54) is 0 Å². The molecule has 5 nitrogen and oxygen atoms in total. The van der Waals surface area contributed by atoms with Gasteiger partial charge in [0.2, 0.25) is 5.91 Å². The van der Waals surface area contributed by atoms with E-state index in [4.69, 9.17) is 16.7 Å². The van der Waals surface area contributed by atoms with E-state index in [1.807, 2.05) is 0 Å². The molecule has 6 heteroatoms. The monoisotopic (exact) mass is 218 g/mol. The molecule has 2 rings (SSSR count). The lowest BCUT2D eigenvalue weighted by Gasteiger charge is -2.18. The van der Waals surface area contributed by atoms with Gasteiger partial charge in [0.15, 0.2) is 0 Å². The number of alkyl halides is 1. The first-order valence-electron chi connectivity index (χ1n) is 4.46. The van der Waals surface area contributed by atoms with E-state index in [0.717, 1.165) is 0 Å². The van der Waals surface area contributed by atoms with Gasteiger partial charge in [-0.25, -0.2) is 4.79 Å². The molecule has 0 aromatic heterocycles. The number of fused-ring (bicyclic) bond motifs is 1. The van der Waals surface area contributed by atoms with Crippen molar-refractivity contribution in [3.8, 4) is 0 Å². The maximum absolute atomic E-state index is 11.2. The van der Waals surface area contributed by atoms with Gasteiger partial charge in [-0.2, -0.15) is 0 Å². The zero-order valence-corrected chi connectivity index (χ0v) is 8.20. The molecular formula is C8H11ClN2O3. The van der Waals surface area contributed by atoms with Crippen LogP contribution in [0.2, 0.25) is 0 Å². The maximum atomic E-state index is 11.2. The second kappa shape index (κ2) is 3.31. The zero-order chi connectivity index (χ0) is 10.3. The fourth-order valence-electron chi connectivity index (χ4n) is 2.17. The van der Waals surface area contributed by atoms with Crippen LogP contribution < -0.4 is 5.32 Å². The Balaban J connectivity index is 1.81. The van der Waals surface area contributed by atoms with Crippen molar-refractivity contribution in [1.82, 2.24) is 10.2 Å². The van der Waals surface area contributed by atoms with Gasteiger partial charge in [-0.1, -0.05) is 0 Å². The first kappa shape index (κ1) is 9.58. The molecule has 0 aromatic rings. The Kier molecular flexibility index (Phi) is 2.26. The van der Waals surface area contributed by atoms with Gasteiger partial charge in [-0.3, -0.25) is 4.79 Å². The van der Waals surface area contributed by atoms with Crippen molar-refractivity contribution in [3.05, 3.63) is 0 Å². The molecule has 1 saturated heterocycles. The third kappa shape index (κ3) is 1.52. The van der Waals surface area contributed by atoms with Gasteiger partial charge in [-0.15, -0.1) is 11.6 Å². The number of nitrogens with zero attached hydrogens (tertiary/aromatic N) is 1. The predicted octanol–water partition coefficient (Wildman–Crippen LogP) is -0.0504. The van der Waals surface area contributed by atoms with E-state index < -0.39 is 6.09 Å². The summed E-state index contributed by atoms with van der Waals surface area (Å²) in [5.74, 6) is 0.556. The number of amides is 2. The summed E-state index contributed by atoms with van der Waals surface area (Å²) in [5, 5.41) is 10.9. The minimum absolute atomic E-state index is 0.0104. The van der Waals surface area contributed by atoms with E-state index in [-0.39, 0.29) is 17.8 Å². The van der Waals surface area contributed by atoms with Crippen LogP contribution in [0.1, 0.15) is 0 Å². The second-order valence-electron chi connectivity index (χ2n) is 3.74. The Labute approximate surface area is 86.0 Å². The third-order valence-electron chi connectivity index (χ3n) is 2.95. The summed E-state index contributed by atoms with van der Waals surface area (Å²) in [6, 6.07) is 0.0480. The number of halogens is 1. The molecule has 2 N–H and O–H groups in total. The Bertz CT molecular complexity index is 272. The average Bonchev–Trinajstić information content (AvgIpc) is 2.64. The van der Waals surface area contributed by atoms with Crippen molar-refractivity contribution in [3.63, 3.8) is 0 Å². The number of hydrogen-bond donors (Lipinski definition) is 2. The lowest BCUT2D eigenvalue weighted by atomic mass is 10.4. The number of piperidine rings is 1. The quantitative estimate of drug-likeness (QED) is 0.639. The van der Waals surface area contributed by atoms with Crippen molar-refractivity contribution in [1.29, 1.82) is 0 Å². The molecule has 2 amide bonds. The highest BCUT2D eigenvalue weighted by Crippen LogP contribution is 2.45. The minimum atomic E-state index is -0.986. The summed E-state index contributed by atoms with van der Waals surface area (Å²) in [4.78, 5) is 23.2.